The molecule has 22 nitrogen and oxygen atoms in total. The molecule has 4 saturated heterocycles. The van der Waals surface area contributed by atoms with Crippen molar-refractivity contribution in [2.45, 2.75) is 268 Å². The molecule has 97 heavy (non-hydrogen) atoms. The predicted molar refractivity (Wildman–Crippen MR) is 367 cm³/mol. The van der Waals surface area contributed by atoms with Crippen LogP contribution in [0.2, 0.25) is 0 Å². The Labute approximate surface area is 575 Å². The monoisotopic (exact) mass is 1360 g/mol. The van der Waals surface area contributed by atoms with Gasteiger partial charge in [0.25, 0.3) is 0 Å². The fourth-order valence-corrected chi connectivity index (χ4v) is 14.6. The second-order valence-corrected chi connectivity index (χ2v) is 28.8. The van der Waals surface area contributed by atoms with Crippen molar-refractivity contribution in [1.82, 2.24) is 10.6 Å². The molecule has 0 radical (unpaired) electrons. The number of ether oxygens (including phenoxy) is 10. The van der Waals surface area contributed by atoms with Crippen molar-refractivity contribution in [2.24, 2.45) is 23.7 Å². The van der Waals surface area contributed by atoms with Gasteiger partial charge in [0.15, 0.2) is 0 Å². The molecule has 6 heterocycles. The number of rotatable bonds is 25. The number of benzene rings is 1. The second kappa shape index (κ2) is 35.4. The molecule has 7 rings (SSSR count). The molecule has 0 bridgehead atoms. The van der Waals surface area contributed by atoms with E-state index < -0.39 is 101 Å². The molecule has 0 spiro atoms. The molecular formula is C75H115N3O19. The number of epoxide rings is 2. The van der Waals surface area contributed by atoms with Gasteiger partial charge in [-0.05, 0) is 114 Å². The molecular weight excluding hydrogens is 1250 g/mol. The van der Waals surface area contributed by atoms with Crippen LogP contribution in [0.5, 0.6) is 0 Å². The minimum Gasteiger partial charge on any atom is -0.457 e. The van der Waals surface area contributed by atoms with Gasteiger partial charge < -0.3 is 88.4 Å². The number of morpholine rings is 2. The second-order valence-electron chi connectivity index (χ2n) is 28.8. The number of allylic oxidation sites excluding steroid dienone is 4. The molecule has 23 atom stereocenters. The molecule has 544 valence electrons. The zero-order valence-electron chi connectivity index (χ0n) is 60.1. The van der Waals surface area contributed by atoms with E-state index in [-0.39, 0.29) is 99.1 Å². The summed E-state index contributed by atoms with van der Waals surface area (Å²) in [7, 11) is 3.44. The summed E-state index contributed by atoms with van der Waals surface area (Å²) in [5.74, 6) is -3.05. The summed E-state index contributed by atoms with van der Waals surface area (Å²) in [5.41, 5.74) is -2.05. The summed E-state index contributed by atoms with van der Waals surface area (Å²) in [4.78, 5) is 53.3. The van der Waals surface area contributed by atoms with Crippen LogP contribution in [0.1, 0.15) is 153 Å². The zero-order chi connectivity index (χ0) is 71.2. The topological polar surface area (TPSA) is 296 Å². The summed E-state index contributed by atoms with van der Waals surface area (Å²) < 4.78 is 61.5. The van der Waals surface area contributed by atoms with Gasteiger partial charge >= 0.3 is 23.9 Å². The van der Waals surface area contributed by atoms with E-state index in [1.807, 2.05) is 39.8 Å². The average Bonchev–Trinajstić information content (AvgIpc) is 1.61. The SMILES string of the molecule is CCC(OC)C(C)C1OC1C(NCc1ccc(N2CCOC(CC3(C=CC=C(C)C4OC(=O)CC(O)CCC(C)(O)C(OC(C)=O)C=CC4C)OCCNC3C3OC3C(C)C(CC)OC)C2)cc1)C(C)(O)C=CC=C(C)C1OC(=O)CC(O)CCC(C)(O)C(OC(C)=O)C=CC1C. The van der Waals surface area contributed by atoms with E-state index in [9.17, 15) is 44.7 Å². The zero-order valence-corrected chi connectivity index (χ0v) is 60.1. The largest absolute Gasteiger partial charge is 0.457 e. The van der Waals surface area contributed by atoms with Crippen molar-refractivity contribution in [2.75, 3.05) is 52.0 Å². The Morgan fingerprint density at radius 2 is 1.29 bits per heavy atom. The van der Waals surface area contributed by atoms with Gasteiger partial charge in [-0.15, -0.1) is 0 Å². The van der Waals surface area contributed by atoms with E-state index in [0.717, 1.165) is 24.1 Å². The fraction of sp³-hybridized carbons (Fsp3) is 0.707. The molecule has 6 aliphatic heterocycles. The number of carbonyl (C=O) groups is 4. The van der Waals surface area contributed by atoms with Gasteiger partial charge in [-0.25, -0.2) is 0 Å². The average molecular weight is 1360 g/mol. The highest BCUT2D eigenvalue weighted by Crippen LogP contribution is 2.44. The molecule has 1 aromatic rings. The number of nitrogens with one attached hydrogen (secondary N) is 2. The van der Waals surface area contributed by atoms with Gasteiger partial charge in [0, 0.05) is 90.0 Å². The van der Waals surface area contributed by atoms with Crippen LogP contribution in [-0.4, -0.2) is 210 Å². The third-order valence-corrected chi connectivity index (χ3v) is 20.6. The lowest BCUT2D eigenvalue weighted by Crippen LogP contribution is -2.62. The van der Waals surface area contributed by atoms with Gasteiger partial charge in [0.2, 0.25) is 0 Å². The molecule has 23 unspecified atom stereocenters. The number of hydrogen-bond acceptors (Lipinski definition) is 22. The van der Waals surface area contributed by atoms with Crippen LogP contribution < -0.4 is 15.5 Å². The maximum Gasteiger partial charge on any atom is 0.309 e. The molecule has 22 heteroatoms. The Bertz CT molecular complexity index is 2920. The number of carbonyl (C=O) groups excluding carboxylic acids is 4. The lowest BCUT2D eigenvalue weighted by Gasteiger charge is -2.46. The smallest absolute Gasteiger partial charge is 0.309 e. The Balaban J connectivity index is 1.11. The van der Waals surface area contributed by atoms with Gasteiger partial charge in [-0.2, -0.15) is 0 Å². The van der Waals surface area contributed by atoms with Crippen molar-refractivity contribution >= 4 is 29.6 Å². The fourth-order valence-electron chi connectivity index (χ4n) is 14.6. The number of esters is 4. The molecule has 6 aliphatic rings. The highest BCUT2D eigenvalue weighted by Gasteiger charge is 2.58. The van der Waals surface area contributed by atoms with Crippen LogP contribution in [0.15, 0.2) is 96.2 Å². The lowest BCUT2D eigenvalue weighted by molar-refractivity contribution is -0.158. The summed E-state index contributed by atoms with van der Waals surface area (Å²) in [5, 5.41) is 64.3. The van der Waals surface area contributed by atoms with Crippen molar-refractivity contribution in [3.63, 3.8) is 0 Å². The van der Waals surface area contributed by atoms with E-state index in [1.165, 1.54) is 20.8 Å². The molecule has 0 amide bonds. The highest BCUT2D eigenvalue weighted by molar-refractivity contribution is 5.71. The van der Waals surface area contributed by atoms with Crippen LogP contribution in [0.4, 0.5) is 5.69 Å². The number of anilines is 1. The van der Waals surface area contributed by atoms with E-state index >= 15 is 0 Å². The molecule has 0 aliphatic carbocycles. The first-order valence-electron chi connectivity index (χ1n) is 35.1. The molecule has 4 fully saturated rings. The summed E-state index contributed by atoms with van der Waals surface area (Å²) in [6.45, 7) is 26.4. The van der Waals surface area contributed by atoms with Gasteiger partial charge in [-0.1, -0.05) is 102 Å². The first kappa shape index (κ1) is 79.1. The minimum atomic E-state index is -1.51. The van der Waals surface area contributed by atoms with E-state index in [1.54, 1.807) is 70.6 Å². The normalized spacial score (nSPS) is 35.9. The van der Waals surface area contributed by atoms with Gasteiger partial charge in [0.1, 0.15) is 53.4 Å². The van der Waals surface area contributed by atoms with Crippen LogP contribution in [0, 0.1) is 23.7 Å². The third-order valence-electron chi connectivity index (χ3n) is 20.6. The number of aliphatic hydroxyl groups is 5. The Morgan fingerprint density at radius 3 is 1.80 bits per heavy atom. The van der Waals surface area contributed by atoms with Crippen LogP contribution in [-0.2, 0) is 73.1 Å². The summed E-state index contributed by atoms with van der Waals surface area (Å²) in [6.07, 6.45) is 12.8. The summed E-state index contributed by atoms with van der Waals surface area (Å²) >= 11 is 0. The molecule has 0 aromatic heterocycles. The lowest BCUT2D eigenvalue weighted by atomic mass is 9.81. The van der Waals surface area contributed by atoms with Crippen LogP contribution >= 0.6 is 0 Å². The Kier molecular flexibility index (Phi) is 28.9. The van der Waals surface area contributed by atoms with E-state index in [0.29, 0.717) is 57.0 Å². The third kappa shape index (κ3) is 21.9. The number of aliphatic hydroxyl groups excluding tert-OH is 2. The van der Waals surface area contributed by atoms with Crippen molar-refractivity contribution in [1.29, 1.82) is 0 Å². The van der Waals surface area contributed by atoms with Crippen molar-refractivity contribution in [3.8, 4) is 0 Å². The molecule has 1 aromatic carbocycles. The number of hydrogen-bond donors (Lipinski definition) is 7. The summed E-state index contributed by atoms with van der Waals surface area (Å²) in [6, 6.07) is 7.52. The van der Waals surface area contributed by atoms with E-state index in [4.69, 9.17) is 47.4 Å². The van der Waals surface area contributed by atoms with Crippen molar-refractivity contribution < 1.29 is 92.1 Å². The molecule has 7 N–H and O–H groups in total. The van der Waals surface area contributed by atoms with Crippen LogP contribution in [0.25, 0.3) is 0 Å². The van der Waals surface area contributed by atoms with Gasteiger partial charge in [-0.3, -0.25) is 19.2 Å². The Hall–Kier alpha value is -5.18. The standard InChI is InChI=1S/C75H115N3O19/c1-16-58(88-14)49(7)66-68(96-66)70(74(13,87)32-18-20-45(3)64-47(5)22-28-60(92-51(9)79)72(11,85)34-30-55(81)40-62(83)94-64)77-43-53-24-26-54(27-25-53)78-37-39-90-57(44-78)42-75(71(76-36-38-91-75)69-67(97-69)50(8)59(17-2)89-15)33-19-21-46(4)65-48(6)23-29-61(93-52(10)80)73(12,86)35-31-56(82)41-63(84)95-65/h18-29,32-33,47-50,55-61,64-71,76-77,81-82,85-87H,16-17,30-31,34-44H2,1-15H3. The van der Waals surface area contributed by atoms with Crippen molar-refractivity contribution in [3.05, 3.63) is 102 Å². The molecule has 0 saturated carbocycles. The first-order valence-corrected chi connectivity index (χ1v) is 35.1. The van der Waals surface area contributed by atoms with Crippen LogP contribution in [0.3, 0.4) is 0 Å². The Morgan fingerprint density at radius 1 is 0.763 bits per heavy atom. The maximum absolute atomic E-state index is 13.4. The number of methoxy groups -OCH3 is 2. The number of cyclic esters (lactones) is 2. The maximum atomic E-state index is 13.4. The number of nitrogens with zero attached hydrogens (tertiary/aromatic N) is 1. The highest BCUT2D eigenvalue weighted by atomic mass is 16.6. The first-order chi connectivity index (χ1) is 45.9. The van der Waals surface area contributed by atoms with Gasteiger partial charge in [0.05, 0.1) is 86.5 Å². The minimum absolute atomic E-state index is 0.00212. The predicted octanol–water partition coefficient (Wildman–Crippen LogP) is 7.54. The van der Waals surface area contributed by atoms with E-state index in [2.05, 4.69) is 73.6 Å². The quantitative estimate of drug-likeness (QED) is 0.0163.